The third-order valence-electron chi connectivity index (χ3n) is 2.80. The molecular formula is C13H8Cl3N3. The number of rotatable bonds is 1. The molecule has 0 atom stereocenters. The number of imidazole rings is 1. The van der Waals surface area contributed by atoms with Crippen LogP contribution in [0.5, 0.6) is 0 Å². The molecule has 0 spiro atoms. The van der Waals surface area contributed by atoms with E-state index < -0.39 is 0 Å². The topological polar surface area (TPSA) is 43.8 Å². The van der Waals surface area contributed by atoms with Crippen LogP contribution in [-0.4, -0.2) is 9.55 Å². The maximum Gasteiger partial charge on any atom is 0.206 e. The Balaban J connectivity index is 2.39. The standard InChI is InChI=1S/C13H8Cl3N3/c14-7-4-5-11(9(16)6-7)19-12-8(15)2-1-3-10(12)18-13(19)17/h1-6H,(H2,17,18). The Hall–Kier alpha value is -1.42. The molecule has 96 valence electrons. The second-order valence-electron chi connectivity index (χ2n) is 4.01. The van der Waals surface area contributed by atoms with Crippen LogP contribution in [0.1, 0.15) is 0 Å². The Labute approximate surface area is 124 Å². The van der Waals surface area contributed by atoms with E-state index in [4.69, 9.17) is 40.5 Å². The third kappa shape index (κ3) is 2.04. The Bertz CT molecular complexity index is 780. The van der Waals surface area contributed by atoms with Gasteiger partial charge in [0.1, 0.15) is 0 Å². The predicted octanol–water partition coefficient (Wildman–Crippen LogP) is 4.57. The number of fused-ring (bicyclic) bond motifs is 1. The van der Waals surface area contributed by atoms with Gasteiger partial charge in [0.15, 0.2) is 0 Å². The molecule has 3 rings (SSSR count). The van der Waals surface area contributed by atoms with Crippen LogP contribution < -0.4 is 5.73 Å². The first-order valence-electron chi connectivity index (χ1n) is 5.46. The number of hydrogen-bond donors (Lipinski definition) is 1. The first-order valence-corrected chi connectivity index (χ1v) is 6.59. The summed E-state index contributed by atoms with van der Waals surface area (Å²) in [5.41, 5.74) is 8.10. The van der Waals surface area contributed by atoms with Crippen LogP contribution >= 0.6 is 34.8 Å². The zero-order valence-corrected chi connectivity index (χ0v) is 11.8. The van der Waals surface area contributed by atoms with E-state index in [9.17, 15) is 0 Å². The van der Waals surface area contributed by atoms with Crippen molar-refractivity contribution < 1.29 is 0 Å². The molecule has 2 N–H and O–H groups in total. The minimum atomic E-state index is 0.326. The molecule has 0 aliphatic carbocycles. The number of nitrogens with two attached hydrogens (primary N) is 1. The number of benzene rings is 2. The van der Waals surface area contributed by atoms with Gasteiger partial charge in [-0.05, 0) is 30.3 Å². The molecule has 6 heteroatoms. The number of anilines is 1. The molecule has 0 aliphatic rings. The van der Waals surface area contributed by atoms with Gasteiger partial charge in [-0.15, -0.1) is 0 Å². The maximum absolute atomic E-state index is 6.22. The summed E-state index contributed by atoms with van der Waals surface area (Å²) in [5, 5.41) is 1.61. The van der Waals surface area contributed by atoms with Crippen LogP contribution in [0.15, 0.2) is 36.4 Å². The lowest BCUT2D eigenvalue weighted by Gasteiger charge is -2.09. The van der Waals surface area contributed by atoms with E-state index in [1.807, 2.05) is 12.1 Å². The number of para-hydroxylation sites is 1. The second kappa shape index (κ2) is 4.60. The normalized spacial score (nSPS) is 11.1. The lowest BCUT2D eigenvalue weighted by Crippen LogP contribution is -2.01. The molecule has 0 amide bonds. The van der Waals surface area contributed by atoms with Crippen molar-refractivity contribution in [1.29, 1.82) is 0 Å². The molecule has 0 saturated carbocycles. The van der Waals surface area contributed by atoms with Crippen molar-refractivity contribution in [2.75, 3.05) is 5.73 Å². The minimum Gasteiger partial charge on any atom is -0.369 e. The van der Waals surface area contributed by atoms with E-state index in [0.717, 1.165) is 11.0 Å². The molecule has 0 bridgehead atoms. The van der Waals surface area contributed by atoms with Crippen LogP contribution in [0, 0.1) is 0 Å². The highest BCUT2D eigenvalue weighted by molar-refractivity contribution is 6.36. The Morgan fingerprint density at radius 1 is 1.00 bits per heavy atom. The summed E-state index contributed by atoms with van der Waals surface area (Å²) in [6, 6.07) is 10.6. The number of aromatic nitrogens is 2. The number of halogens is 3. The summed E-state index contributed by atoms with van der Waals surface area (Å²) in [7, 11) is 0. The SMILES string of the molecule is Nc1nc2cccc(Cl)c2n1-c1ccc(Cl)cc1Cl. The van der Waals surface area contributed by atoms with Gasteiger partial charge in [-0.1, -0.05) is 40.9 Å². The summed E-state index contributed by atoms with van der Waals surface area (Å²) < 4.78 is 1.72. The summed E-state index contributed by atoms with van der Waals surface area (Å²) in [6.45, 7) is 0. The van der Waals surface area contributed by atoms with Crippen molar-refractivity contribution in [2.45, 2.75) is 0 Å². The van der Waals surface area contributed by atoms with Crippen LogP contribution in [0.2, 0.25) is 15.1 Å². The quantitative estimate of drug-likeness (QED) is 0.715. The summed E-state index contributed by atoms with van der Waals surface area (Å²) in [5.74, 6) is 0.326. The fourth-order valence-electron chi connectivity index (χ4n) is 2.01. The van der Waals surface area contributed by atoms with Gasteiger partial charge in [0.05, 0.1) is 26.8 Å². The van der Waals surface area contributed by atoms with E-state index in [-0.39, 0.29) is 0 Å². The monoisotopic (exact) mass is 311 g/mol. The van der Waals surface area contributed by atoms with Gasteiger partial charge < -0.3 is 5.73 Å². The van der Waals surface area contributed by atoms with E-state index >= 15 is 0 Å². The van der Waals surface area contributed by atoms with Crippen LogP contribution in [0.4, 0.5) is 5.95 Å². The predicted molar refractivity (Wildman–Crippen MR) is 80.5 cm³/mol. The van der Waals surface area contributed by atoms with Gasteiger partial charge in [0.2, 0.25) is 5.95 Å². The fourth-order valence-corrected chi connectivity index (χ4v) is 2.76. The number of nitrogens with zero attached hydrogens (tertiary/aromatic N) is 2. The highest BCUT2D eigenvalue weighted by Crippen LogP contribution is 2.32. The van der Waals surface area contributed by atoms with E-state index in [2.05, 4.69) is 4.98 Å². The lowest BCUT2D eigenvalue weighted by molar-refractivity contribution is 1.11. The largest absolute Gasteiger partial charge is 0.369 e. The Morgan fingerprint density at radius 3 is 2.53 bits per heavy atom. The maximum atomic E-state index is 6.22. The smallest absolute Gasteiger partial charge is 0.206 e. The van der Waals surface area contributed by atoms with Gasteiger partial charge in [-0.25, -0.2) is 4.98 Å². The lowest BCUT2D eigenvalue weighted by atomic mass is 10.2. The summed E-state index contributed by atoms with van der Waals surface area (Å²) in [4.78, 5) is 4.28. The van der Waals surface area contributed by atoms with Crippen molar-refractivity contribution in [3.8, 4) is 5.69 Å². The van der Waals surface area contributed by atoms with Crippen LogP contribution in [0.25, 0.3) is 16.7 Å². The van der Waals surface area contributed by atoms with Crippen molar-refractivity contribution in [3.05, 3.63) is 51.5 Å². The first-order chi connectivity index (χ1) is 9.08. The molecule has 0 unspecified atom stereocenters. The highest BCUT2D eigenvalue weighted by Gasteiger charge is 2.15. The summed E-state index contributed by atoms with van der Waals surface area (Å²) in [6.07, 6.45) is 0. The van der Waals surface area contributed by atoms with Gasteiger partial charge in [0.25, 0.3) is 0 Å². The van der Waals surface area contributed by atoms with Gasteiger partial charge in [-0.3, -0.25) is 4.57 Å². The molecule has 3 nitrogen and oxygen atoms in total. The zero-order valence-electron chi connectivity index (χ0n) is 9.57. The molecule has 0 radical (unpaired) electrons. The van der Waals surface area contributed by atoms with Crippen molar-refractivity contribution in [2.24, 2.45) is 0 Å². The molecule has 1 heterocycles. The number of hydrogen-bond acceptors (Lipinski definition) is 2. The Kier molecular flexibility index (Phi) is 3.05. The van der Waals surface area contributed by atoms with Crippen molar-refractivity contribution >= 4 is 51.8 Å². The first kappa shape index (κ1) is 12.6. The van der Waals surface area contributed by atoms with E-state index in [1.165, 1.54) is 0 Å². The molecular weight excluding hydrogens is 305 g/mol. The number of nitrogen functional groups attached to an aromatic ring is 1. The van der Waals surface area contributed by atoms with Gasteiger partial charge in [0, 0.05) is 5.02 Å². The summed E-state index contributed by atoms with van der Waals surface area (Å²) >= 11 is 18.3. The van der Waals surface area contributed by atoms with Crippen LogP contribution in [0.3, 0.4) is 0 Å². The molecule has 3 aromatic rings. The molecule has 0 saturated heterocycles. The average Bonchev–Trinajstić information content (AvgIpc) is 2.67. The van der Waals surface area contributed by atoms with Gasteiger partial charge in [-0.2, -0.15) is 0 Å². The van der Waals surface area contributed by atoms with E-state index in [0.29, 0.717) is 26.7 Å². The fraction of sp³-hybridized carbons (Fsp3) is 0. The second-order valence-corrected chi connectivity index (χ2v) is 5.26. The van der Waals surface area contributed by atoms with Crippen molar-refractivity contribution in [3.63, 3.8) is 0 Å². The van der Waals surface area contributed by atoms with Gasteiger partial charge >= 0.3 is 0 Å². The molecule has 19 heavy (non-hydrogen) atoms. The zero-order chi connectivity index (χ0) is 13.6. The Morgan fingerprint density at radius 2 is 1.79 bits per heavy atom. The molecule has 0 fully saturated rings. The van der Waals surface area contributed by atoms with Crippen LogP contribution in [-0.2, 0) is 0 Å². The molecule has 2 aromatic carbocycles. The highest BCUT2D eigenvalue weighted by atomic mass is 35.5. The molecule has 1 aromatic heterocycles. The minimum absolute atomic E-state index is 0.326. The van der Waals surface area contributed by atoms with E-state index in [1.54, 1.807) is 28.8 Å². The molecule has 0 aliphatic heterocycles. The third-order valence-corrected chi connectivity index (χ3v) is 3.65. The average molecular weight is 313 g/mol. The van der Waals surface area contributed by atoms with Crippen molar-refractivity contribution in [1.82, 2.24) is 9.55 Å².